The lowest BCUT2D eigenvalue weighted by Crippen LogP contribution is -2.14. The van der Waals surface area contributed by atoms with Crippen LogP contribution in [0.4, 0.5) is 10.2 Å². The Labute approximate surface area is 105 Å². The van der Waals surface area contributed by atoms with Crippen molar-refractivity contribution in [2.75, 3.05) is 5.32 Å². The van der Waals surface area contributed by atoms with Crippen molar-refractivity contribution in [3.05, 3.63) is 45.9 Å². The fraction of sp³-hybridized carbons (Fsp3) is 0.0909. The minimum absolute atomic E-state index is 0.0555. The van der Waals surface area contributed by atoms with Crippen molar-refractivity contribution in [1.29, 1.82) is 0 Å². The molecule has 1 amide bonds. The van der Waals surface area contributed by atoms with E-state index >= 15 is 0 Å². The van der Waals surface area contributed by atoms with Gasteiger partial charge in [-0.1, -0.05) is 11.2 Å². The molecule has 2 aromatic rings. The lowest BCUT2D eigenvalue weighted by atomic mass is 10.2. The summed E-state index contributed by atoms with van der Waals surface area (Å²) in [6, 6.07) is 6.04. The molecule has 1 aromatic heterocycles. The van der Waals surface area contributed by atoms with Crippen molar-refractivity contribution in [2.24, 2.45) is 0 Å². The summed E-state index contributed by atoms with van der Waals surface area (Å²) in [7, 11) is 0. The lowest BCUT2D eigenvalue weighted by molar-refractivity contribution is 0.102. The Balaban J connectivity index is 2.23. The van der Waals surface area contributed by atoms with Crippen molar-refractivity contribution < 1.29 is 13.7 Å². The number of benzene rings is 1. The van der Waals surface area contributed by atoms with Gasteiger partial charge in [-0.2, -0.15) is 0 Å². The van der Waals surface area contributed by atoms with Crippen LogP contribution < -0.4 is 5.32 Å². The van der Waals surface area contributed by atoms with Crippen molar-refractivity contribution >= 4 is 27.7 Å². The van der Waals surface area contributed by atoms with Gasteiger partial charge in [0.2, 0.25) is 0 Å². The second-order valence-electron chi connectivity index (χ2n) is 3.38. The van der Waals surface area contributed by atoms with Crippen LogP contribution in [0, 0.1) is 12.7 Å². The molecule has 88 valence electrons. The Morgan fingerprint density at radius 2 is 2.29 bits per heavy atom. The predicted octanol–water partition coefficient (Wildman–Crippen LogP) is 3.14. The first-order valence-corrected chi connectivity index (χ1v) is 5.56. The van der Waals surface area contributed by atoms with Gasteiger partial charge in [-0.05, 0) is 35.0 Å². The van der Waals surface area contributed by atoms with E-state index in [-0.39, 0.29) is 15.9 Å². The van der Waals surface area contributed by atoms with Gasteiger partial charge in [0.15, 0.2) is 5.82 Å². The molecule has 6 heteroatoms. The van der Waals surface area contributed by atoms with E-state index < -0.39 is 11.7 Å². The zero-order chi connectivity index (χ0) is 12.4. The zero-order valence-corrected chi connectivity index (χ0v) is 10.4. The standard InChI is InChI=1S/C11H8BrFN2O2/c1-6-5-9(15-17-6)14-11(16)7-3-2-4-8(12)10(7)13/h2-5H,1H3,(H,14,15,16). The monoisotopic (exact) mass is 298 g/mol. The fourth-order valence-corrected chi connectivity index (χ4v) is 1.65. The molecule has 0 atom stereocenters. The quantitative estimate of drug-likeness (QED) is 0.927. The van der Waals surface area contributed by atoms with Crippen LogP contribution in [0.2, 0.25) is 0 Å². The maximum absolute atomic E-state index is 13.6. The molecule has 4 nitrogen and oxygen atoms in total. The van der Waals surface area contributed by atoms with Crippen LogP contribution in [-0.2, 0) is 0 Å². The van der Waals surface area contributed by atoms with E-state index in [4.69, 9.17) is 4.52 Å². The smallest absolute Gasteiger partial charge is 0.259 e. The molecular weight excluding hydrogens is 291 g/mol. The third kappa shape index (κ3) is 2.52. The van der Waals surface area contributed by atoms with Gasteiger partial charge in [-0.25, -0.2) is 4.39 Å². The number of rotatable bonds is 2. The van der Waals surface area contributed by atoms with E-state index in [1.54, 1.807) is 19.1 Å². The van der Waals surface area contributed by atoms with Crippen LogP contribution in [0.25, 0.3) is 0 Å². The zero-order valence-electron chi connectivity index (χ0n) is 8.83. The molecule has 0 aliphatic carbocycles. The number of hydrogen-bond acceptors (Lipinski definition) is 3. The summed E-state index contributed by atoms with van der Waals surface area (Å²) in [5, 5.41) is 6.03. The third-order valence-corrected chi connectivity index (χ3v) is 2.68. The number of aromatic nitrogens is 1. The van der Waals surface area contributed by atoms with E-state index in [0.29, 0.717) is 5.76 Å². The summed E-state index contributed by atoms with van der Waals surface area (Å²) < 4.78 is 18.6. The van der Waals surface area contributed by atoms with Gasteiger partial charge in [0, 0.05) is 6.07 Å². The summed E-state index contributed by atoms with van der Waals surface area (Å²) in [6.07, 6.45) is 0. The van der Waals surface area contributed by atoms with E-state index in [1.165, 1.54) is 12.1 Å². The van der Waals surface area contributed by atoms with Gasteiger partial charge in [-0.15, -0.1) is 0 Å². The van der Waals surface area contributed by atoms with E-state index in [2.05, 4.69) is 26.4 Å². The average Bonchev–Trinajstić information content (AvgIpc) is 2.68. The molecule has 0 unspecified atom stereocenters. The molecular formula is C11H8BrFN2O2. The van der Waals surface area contributed by atoms with Gasteiger partial charge in [0.25, 0.3) is 5.91 Å². The first-order valence-electron chi connectivity index (χ1n) is 4.76. The van der Waals surface area contributed by atoms with Crippen molar-refractivity contribution in [1.82, 2.24) is 5.16 Å². The van der Waals surface area contributed by atoms with Gasteiger partial charge in [-0.3, -0.25) is 4.79 Å². The first-order chi connectivity index (χ1) is 8.08. The number of aryl methyl sites for hydroxylation is 1. The molecule has 0 saturated heterocycles. The van der Waals surface area contributed by atoms with E-state index in [9.17, 15) is 9.18 Å². The van der Waals surface area contributed by atoms with Gasteiger partial charge < -0.3 is 9.84 Å². The molecule has 1 heterocycles. The van der Waals surface area contributed by atoms with E-state index in [0.717, 1.165) is 0 Å². The molecule has 1 N–H and O–H groups in total. The highest BCUT2D eigenvalue weighted by Gasteiger charge is 2.15. The van der Waals surface area contributed by atoms with Crippen LogP contribution in [-0.4, -0.2) is 11.1 Å². The number of nitrogens with one attached hydrogen (secondary N) is 1. The Morgan fingerprint density at radius 3 is 2.94 bits per heavy atom. The molecule has 0 saturated carbocycles. The lowest BCUT2D eigenvalue weighted by Gasteiger charge is -2.03. The number of halogens is 2. The molecule has 0 radical (unpaired) electrons. The summed E-state index contributed by atoms with van der Waals surface area (Å²) in [5.41, 5.74) is -0.0555. The highest BCUT2D eigenvalue weighted by atomic mass is 79.9. The van der Waals surface area contributed by atoms with Crippen LogP contribution in [0.1, 0.15) is 16.1 Å². The number of carbonyl (C=O) groups excluding carboxylic acids is 1. The molecule has 17 heavy (non-hydrogen) atoms. The van der Waals surface area contributed by atoms with Gasteiger partial charge in [0.05, 0.1) is 10.0 Å². The average molecular weight is 299 g/mol. The summed E-state index contributed by atoms with van der Waals surface area (Å²) >= 11 is 3.01. The Morgan fingerprint density at radius 1 is 1.53 bits per heavy atom. The molecule has 0 aliphatic heterocycles. The van der Waals surface area contributed by atoms with Gasteiger partial charge in [0.1, 0.15) is 11.6 Å². The number of amides is 1. The minimum Gasteiger partial charge on any atom is -0.360 e. The second-order valence-corrected chi connectivity index (χ2v) is 4.23. The third-order valence-electron chi connectivity index (χ3n) is 2.07. The Bertz CT molecular complexity index is 568. The number of nitrogens with zero attached hydrogens (tertiary/aromatic N) is 1. The highest BCUT2D eigenvalue weighted by Crippen LogP contribution is 2.19. The molecule has 1 aromatic carbocycles. The largest absolute Gasteiger partial charge is 0.360 e. The van der Waals surface area contributed by atoms with Crippen LogP contribution in [0.3, 0.4) is 0 Å². The normalized spacial score (nSPS) is 10.3. The summed E-state index contributed by atoms with van der Waals surface area (Å²) in [5.74, 6) is -0.357. The predicted molar refractivity (Wildman–Crippen MR) is 63.3 cm³/mol. The van der Waals surface area contributed by atoms with Gasteiger partial charge >= 0.3 is 0 Å². The second kappa shape index (κ2) is 4.67. The summed E-state index contributed by atoms with van der Waals surface area (Å²) in [4.78, 5) is 11.7. The van der Waals surface area contributed by atoms with Crippen LogP contribution >= 0.6 is 15.9 Å². The minimum atomic E-state index is -0.606. The SMILES string of the molecule is Cc1cc(NC(=O)c2cccc(Br)c2F)no1. The molecule has 0 bridgehead atoms. The molecule has 0 spiro atoms. The van der Waals surface area contributed by atoms with Crippen LogP contribution in [0.15, 0.2) is 33.3 Å². The summed E-state index contributed by atoms with van der Waals surface area (Å²) in [6.45, 7) is 1.70. The van der Waals surface area contributed by atoms with E-state index in [1.807, 2.05) is 0 Å². The van der Waals surface area contributed by atoms with Crippen molar-refractivity contribution in [3.8, 4) is 0 Å². The molecule has 0 fully saturated rings. The number of anilines is 1. The molecule has 2 rings (SSSR count). The topological polar surface area (TPSA) is 55.1 Å². The molecule has 0 aliphatic rings. The maximum atomic E-state index is 13.6. The highest BCUT2D eigenvalue weighted by molar-refractivity contribution is 9.10. The Kier molecular flexibility index (Phi) is 3.23. The van der Waals surface area contributed by atoms with Crippen molar-refractivity contribution in [3.63, 3.8) is 0 Å². The number of hydrogen-bond donors (Lipinski definition) is 1. The fourth-order valence-electron chi connectivity index (χ4n) is 1.29. The maximum Gasteiger partial charge on any atom is 0.259 e. The van der Waals surface area contributed by atoms with Crippen molar-refractivity contribution in [2.45, 2.75) is 6.92 Å². The number of carbonyl (C=O) groups is 1. The van der Waals surface area contributed by atoms with Crippen LogP contribution in [0.5, 0.6) is 0 Å². The Hall–Kier alpha value is -1.69. The first kappa shape index (κ1) is 11.8.